The van der Waals surface area contributed by atoms with Crippen molar-refractivity contribution < 1.29 is 14.3 Å². The first-order valence-electron chi connectivity index (χ1n) is 8.49. The van der Waals surface area contributed by atoms with Gasteiger partial charge in [0.2, 0.25) is 5.91 Å². The quantitative estimate of drug-likeness (QED) is 0.810. The largest absolute Gasteiger partial charge is 0.444 e. The molecule has 128 valence electrons. The minimum atomic E-state index is -0.578. The zero-order chi connectivity index (χ0) is 17.0. The Hall–Kier alpha value is -1.77. The second kappa shape index (κ2) is 7.20. The monoisotopic (exact) mass is 321 g/mol. The van der Waals surface area contributed by atoms with Crippen LogP contribution in [0.2, 0.25) is 0 Å². The van der Waals surface area contributed by atoms with Crippen molar-refractivity contribution in [2.45, 2.75) is 77.0 Å². The van der Waals surface area contributed by atoms with Crippen molar-refractivity contribution in [2.24, 2.45) is 5.92 Å². The van der Waals surface area contributed by atoms with Gasteiger partial charge in [0.1, 0.15) is 11.6 Å². The number of hydrogen-bond acceptors (Lipinski definition) is 4. The summed E-state index contributed by atoms with van der Waals surface area (Å²) >= 11 is 0. The molecule has 1 saturated heterocycles. The molecule has 0 radical (unpaired) electrons. The van der Waals surface area contributed by atoms with Gasteiger partial charge in [0.25, 0.3) is 0 Å². The fourth-order valence-electron chi connectivity index (χ4n) is 3.63. The second-order valence-corrected chi connectivity index (χ2v) is 7.45. The second-order valence-electron chi connectivity index (χ2n) is 7.45. The number of amides is 2. The average molecular weight is 321 g/mol. The number of nitrogens with one attached hydrogen (secondary N) is 1. The van der Waals surface area contributed by atoms with Crippen molar-refractivity contribution in [3.05, 3.63) is 0 Å². The van der Waals surface area contributed by atoms with E-state index in [1.54, 1.807) is 4.90 Å². The summed E-state index contributed by atoms with van der Waals surface area (Å²) in [5, 5.41) is 11.4. The molecule has 6 nitrogen and oxygen atoms in total. The molecule has 1 aliphatic heterocycles. The summed E-state index contributed by atoms with van der Waals surface area (Å²) in [4.78, 5) is 26.8. The highest BCUT2D eigenvalue weighted by Crippen LogP contribution is 2.40. The van der Waals surface area contributed by atoms with Crippen molar-refractivity contribution in [1.29, 1.82) is 5.26 Å². The van der Waals surface area contributed by atoms with Gasteiger partial charge in [-0.15, -0.1) is 0 Å². The van der Waals surface area contributed by atoms with E-state index in [2.05, 4.69) is 5.32 Å². The minimum Gasteiger partial charge on any atom is -0.444 e. The van der Waals surface area contributed by atoms with Crippen LogP contribution in [0.3, 0.4) is 0 Å². The lowest BCUT2D eigenvalue weighted by Gasteiger charge is -2.34. The number of fused-ring (bicyclic) bond motifs is 1. The molecular weight excluding hydrogens is 294 g/mol. The van der Waals surface area contributed by atoms with Crippen molar-refractivity contribution in [1.82, 2.24) is 10.2 Å². The molecule has 0 aromatic heterocycles. The Kier molecular flexibility index (Phi) is 5.51. The Labute approximate surface area is 138 Å². The van der Waals surface area contributed by atoms with Crippen molar-refractivity contribution in [2.75, 3.05) is 6.54 Å². The van der Waals surface area contributed by atoms with Gasteiger partial charge in [-0.25, -0.2) is 4.79 Å². The van der Waals surface area contributed by atoms with E-state index in [1.807, 2.05) is 26.8 Å². The smallest absolute Gasteiger partial charge is 0.411 e. The molecule has 0 spiro atoms. The van der Waals surface area contributed by atoms with E-state index in [0.717, 1.165) is 25.7 Å². The molecule has 0 bridgehead atoms. The van der Waals surface area contributed by atoms with Crippen LogP contribution in [0.1, 0.15) is 59.3 Å². The van der Waals surface area contributed by atoms with Crippen LogP contribution in [0.4, 0.5) is 4.79 Å². The number of rotatable bonds is 3. The van der Waals surface area contributed by atoms with Crippen LogP contribution in [0, 0.1) is 17.2 Å². The lowest BCUT2D eigenvalue weighted by atomic mass is 9.85. The molecular formula is C17H27N3O3. The maximum Gasteiger partial charge on any atom is 0.411 e. The van der Waals surface area contributed by atoms with Crippen LogP contribution in [-0.4, -0.2) is 41.1 Å². The number of carbonyl (C=O) groups excluding carboxylic acids is 2. The van der Waals surface area contributed by atoms with E-state index in [0.29, 0.717) is 18.9 Å². The van der Waals surface area contributed by atoms with Gasteiger partial charge >= 0.3 is 6.09 Å². The number of carbonyl (C=O) groups is 2. The topological polar surface area (TPSA) is 82.4 Å². The summed E-state index contributed by atoms with van der Waals surface area (Å²) in [6.07, 6.45) is 4.82. The molecule has 0 aromatic rings. The summed E-state index contributed by atoms with van der Waals surface area (Å²) in [5.41, 5.74) is -0.578. The Morgan fingerprint density at radius 2 is 2.00 bits per heavy atom. The highest BCUT2D eigenvalue weighted by Gasteiger charge is 2.48. The summed E-state index contributed by atoms with van der Waals surface area (Å²) in [5.74, 6) is 0.212. The number of nitrogens with zero attached hydrogens (tertiary/aromatic N) is 2. The predicted octanol–water partition coefficient (Wildman–Crippen LogP) is 2.58. The van der Waals surface area contributed by atoms with Crippen LogP contribution in [0.15, 0.2) is 0 Å². The van der Waals surface area contributed by atoms with Gasteiger partial charge < -0.3 is 10.1 Å². The maximum atomic E-state index is 12.6. The van der Waals surface area contributed by atoms with Crippen molar-refractivity contribution in [3.8, 4) is 6.07 Å². The lowest BCUT2D eigenvalue weighted by Crippen LogP contribution is -2.51. The summed E-state index contributed by atoms with van der Waals surface area (Å²) in [7, 11) is 0. The number of nitriles is 1. The molecule has 1 aliphatic carbocycles. The van der Waals surface area contributed by atoms with E-state index in [-0.39, 0.29) is 18.4 Å². The summed E-state index contributed by atoms with van der Waals surface area (Å²) < 4.78 is 5.53. The minimum absolute atomic E-state index is 0.102. The highest BCUT2D eigenvalue weighted by molar-refractivity contribution is 5.86. The fourth-order valence-corrected chi connectivity index (χ4v) is 3.63. The third-order valence-corrected chi connectivity index (χ3v) is 4.53. The molecule has 1 heterocycles. The van der Waals surface area contributed by atoms with Crippen LogP contribution < -0.4 is 5.32 Å². The Morgan fingerprint density at radius 3 is 2.65 bits per heavy atom. The van der Waals surface area contributed by atoms with E-state index < -0.39 is 17.7 Å². The molecule has 23 heavy (non-hydrogen) atoms. The molecule has 1 N–H and O–H groups in total. The first-order valence-corrected chi connectivity index (χ1v) is 8.49. The predicted molar refractivity (Wildman–Crippen MR) is 85.5 cm³/mol. The van der Waals surface area contributed by atoms with E-state index in [1.165, 1.54) is 0 Å². The van der Waals surface area contributed by atoms with Gasteiger partial charge in [0.05, 0.1) is 12.5 Å². The number of likely N-dealkylation sites (tertiary alicyclic amines) is 1. The summed E-state index contributed by atoms with van der Waals surface area (Å²) in [6, 6.07) is 1.64. The van der Waals surface area contributed by atoms with Crippen LogP contribution >= 0.6 is 0 Å². The standard InChI is InChI=1S/C17H27N3O3/c1-17(2,3)23-16(22)20-13-8-5-4-7-12(13)11-14(20)15(21)19-10-6-9-18/h12-14H,4-8,10-11H2,1-3H3,(H,19,21)/t12-,13-,14-/m0/s1. The zero-order valence-electron chi connectivity index (χ0n) is 14.3. The molecule has 2 rings (SSSR count). The van der Waals surface area contributed by atoms with Crippen molar-refractivity contribution >= 4 is 12.0 Å². The molecule has 6 heteroatoms. The van der Waals surface area contributed by atoms with Crippen LogP contribution in [0.5, 0.6) is 0 Å². The van der Waals surface area contributed by atoms with Gasteiger partial charge in [-0.3, -0.25) is 9.69 Å². The van der Waals surface area contributed by atoms with E-state index in [9.17, 15) is 9.59 Å². The van der Waals surface area contributed by atoms with E-state index in [4.69, 9.17) is 10.00 Å². The van der Waals surface area contributed by atoms with Crippen LogP contribution in [0.25, 0.3) is 0 Å². The van der Waals surface area contributed by atoms with Gasteiger partial charge in [-0.1, -0.05) is 12.8 Å². The SMILES string of the molecule is CC(C)(C)OC(=O)N1[C@H](C(=O)NCCC#N)C[C@@H]2CCCC[C@@H]21. The average Bonchev–Trinajstić information content (AvgIpc) is 2.85. The molecule has 0 aromatic carbocycles. The summed E-state index contributed by atoms with van der Waals surface area (Å²) in [6.45, 7) is 5.83. The molecule has 2 aliphatic rings. The highest BCUT2D eigenvalue weighted by atomic mass is 16.6. The van der Waals surface area contributed by atoms with Gasteiger partial charge in [0, 0.05) is 12.6 Å². The Balaban J connectivity index is 2.12. The molecule has 2 fully saturated rings. The number of hydrogen-bond donors (Lipinski definition) is 1. The van der Waals surface area contributed by atoms with E-state index >= 15 is 0 Å². The third-order valence-electron chi connectivity index (χ3n) is 4.53. The van der Waals surface area contributed by atoms with Crippen molar-refractivity contribution in [3.63, 3.8) is 0 Å². The first-order chi connectivity index (χ1) is 10.8. The lowest BCUT2D eigenvalue weighted by molar-refractivity contribution is -0.125. The maximum absolute atomic E-state index is 12.6. The third kappa shape index (κ3) is 4.37. The Morgan fingerprint density at radius 1 is 1.30 bits per heavy atom. The molecule has 3 atom stereocenters. The number of ether oxygens (including phenoxy) is 1. The van der Waals surface area contributed by atoms with Gasteiger partial charge in [-0.2, -0.15) is 5.26 Å². The molecule has 0 unspecified atom stereocenters. The molecule has 2 amide bonds. The zero-order valence-corrected chi connectivity index (χ0v) is 14.3. The fraction of sp³-hybridized carbons (Fsp3) is 0.824. The van der Waals surface area contributed by atoms with Gasteiger partial charge in [-0.05, 0) is 46.0 Å². The van der Waals surface area contributed by atoms with Gasteiger partial charge in [0.15, 0.2) is 0 Å². The first kappa shape index (κ1) is 17.6. The van der Waals surface area contributed by atoms with Crippen LogP contribution in [-0.2, 0) is 9.53 Å². The molecule has 1 saturated carbocycles. The normalized spacial score (nSPS) is 27.0. The Bertz CT molecular complexity index is 492.